The van der Waals surface area contributed by atoms with Crippen LogP contribution in [-0.4, -0.2) is 54.9 Å². The molecule has 0 atom stereocenters. The maximum Gasteiger partial charge on any atom is 0.325 e. The third kappa shape index (κ3) is 3.15. The van der Waals surface area contributed by atoms with Gasteiger partial charge in [-0.25, -0.2) is 8.42 Å². The summed E-state index contributed by atoms with van der Waals surface area (Å²) in [5, 5.41) is 9.75. The predicted octanol–water partition coefficient (Wildman–Crippen LogP) is 2.19. The summed E-state index contributed by atoms with van der Waals surface area (Å²) in [5.41, 5.74) is -0.117. The molecule has 1 aliphatic heterocycles. The van der Waals surface area contributed by atoms with Crippen LogP contribution < -0.4 is 4.74 Å². The van der Waals surface area contributed by atoms with Crippen molar-refractivity contribution in [1.29, 1.82) is 0 Å². The molecular formula is C17H25NO5S. The molecule has 0 radical (unpaired) electrons. The van der Waals surface area contributed by atoms with Crippen molar-refractivity contribution in [2.75, 3.05) is 20.2 Å². The number of piperidine rings is 1. The molecule has 0 aliphatic carbocycles. The van der Waals surface area contributed by atoms with Gasteiger partial charge < -0.3 is 9.84 Å². The third-order valence-corrected chi connectivity index (χ3v) is 7.30. The van der Waals surface area contributed by atoms with Gasteiger partial charge in [0.05, 0.1) is 12.0 Å². The summed E-state index contributed by atoms with van der Waals surface area (Å²) in [7, 11) is -2.51. The van der Waals surface area contributed by atoms with Crippen molar-refractivity contribution in [2.45, 2.75) is 48.8 Å². The van der Waals surface area contributed by atoms with E-state index in [9.17, 15) is 18.3 Å². The normalized spacial score (nSPS) is 19.0. The van der Waals surface area contributed by atoms with Crippen molar-refractivity contribution in [3.63, 3.8) is 0 Å². The quantitative estimate of drug-likeness (QED) is 0.891. The minimum absolute atomic E-state index is 0.0231. The fourth-order valence-electron chi connectivity index (χ4n) is 3.12. The number of benzene rings is 1. The summed E-state index contributed by atoms with van der Waals surface area (Å²) >= 11 is 0. The van der Waals surface area contributed by atoms with Crippen LogP contribution in [0.3, 0.4) is 0 Å². The number of hydrogen-bond donors (Lipinski definition) is 1. The maximum atomic E-state index is 13.1. The molecule has 0 amide bonds. The Morgan fingerprint density at radius 2 is 1.67 bits per heavy atom. The molecule has 24 heavy (non-hydrogen) atoms. The molecule has 1 aromatic carbocycles. The van der Waals surface area contributed by atoms with Crippen molar-refractivity contribution in [1.82, 2.24) is 4.90 Å². The minimum Gasteiger partial charge on any atom is -0.497 e. The SMILES string of the molecule is COc1ccc(S(=O)(=O)C2(C(=O)O)CCN(C(C)(C)C)CC2)cc1. The largest absolute Gasteiger partial charge is 0.497 e. The zero-order chi connectivity index (χ0) is 18.2. The van der Waals surface area contributed by atoms with Crippen molar-refractivity contribution >= 4 is 15.8 Å². The number of carbonyl (C=O) groups is 1. The van der Waals surface area contributed by atoms with Gasteiger partial charge in [0, 0.05) is 18.6 Å². The highest BCUT2D eigenvalue weighted by Crippen LogP contribution is 2.38. The second-order valence-corrected chi connectivity index (χ2v) is 9.40. The van der Waals surface area contributed by atoms with Gasteiger partial charge >= 0.3 is 5.97 Å². The third-order valence-electron chi connectivity index (χ3n) is 4.79. The first kappa shape index (κ1) is 18.7. The molecule has 1 saturated heterocycles. The van der Waals surface area contributed by atoms with Crippen LogP contribution >= 0.6 is 0 Å². The van der Waals surface area contributed by atoms with E-state index in [1.807, 2.05) is 20.8 Å². The minimum atomic E-state index is -4.00. The Balaban J connectivity index is 2.38. The van der Waals surface area contributed by atoms with E-state index in [4.69, 9.17) is 4.74 Å². The number of rotatable bonds is 4. The molecule has 0 aromatic heterocycles. The van der Waals surface area contributed by atoms with Gasteiger partial charge in [-0.2, -0.15) is 0 Å². The van der Waals surface area contributed by atoms with Crippen LogP contribution in [0.1, 0.15) is 33.6 Å². The summed E-state index contributed by atoms with van der Waals surface area (Å²) in [5.74, 6) is -0.743. The molecule has 0 unspecified atom stereocenters. The second kappa shape index (κ2) is 6.37. The molecule has 0 saturated carbocycles. The van der Waals surface area contributed by atoms with Gasteiger partial charge in [-0.1, -0.05) is 0 Å². The lowest BCUT2D eigenvalue weighted by Crippen LogP contribution is -2.57. The van der Waals surface area contributed by atoms with Crippen LogP contribution in [0.2, 0.25) is 0 Å². The standard InChI is InChI=1S/C17H25NO5S/c1-16(2,3)18-11-9-17(10-12-18,15(19)20)24(21,22)14-7-5-13(23-4)6-8-14/h5-8H,9-12H2,1-4H3,(H,19,20). The fourth-order valence-corrected chi connectivity index (χ4v) is 5.01. The van der Waals surface area contributed by atoms with Crippen molar-refractivity contribution in [3.05, 3.63) is 24.3 Å². The topological polar surface area (TPSA) is 83.9 Å². The number of ether oxygens (including phenoxy) is 1. The first-order valence-corrected chi connectivity index (χ1v) is 9.40. The predicted molar refractivity (Wildman–Crippen MR) is 91.1 cm³/mol. The van der Waals surface area contributed by atoms with Crippen LogP contribution in [0.25, 0.3) is 0 Å². The lowest BCUT2D eigenvalue weighted by molar-refractivity contribution is -0.141. The fraction of sp³-hybridized carbons (Fsp3) is 0.588. The van der Waals surface area contributed by atoms with Gasteiger partial charge in [-0.3, -0.25) is 9.69 Å². The summed E-state index contributed by atoms with van der Waals surface area (Å²) in [6.45, 7) is 6.99. The summed E-state index contributed by atoms with van der Waals surface area (Å²) in [6.07, 6.45) is 0.155. The first-order valence-electron chi connectivity index (χ1n) is 7.92. The van der Waals surface area contributed by atoms with Crippen LogP contribution in [-0.2, 0) is 14.6 Å². The van der Waals surface area contributed by atoms with E-state index in [1.54, 1.807) is 0 Å². The van der Waals surface area contributed by atoms with Crippen LogP contribution in [0.15, 0.2) is 29.2 Å². The Kier molecular flexibility index (Phi) is 4.97. The highest BCUT2D eigenvalue weighted by molar-refractivity contribution is 7.93. The average Bonchev–Trinajstić information content (AvgIpc) is 2.53. The van der Waals surface area contributed by atoms with Gasteiger partial charge in [0.2, 0.25) is 0 Å². The molecule has 0 bridgehead atoms. The second-order valence-electron chi connectivity index (χ2n) is 7.14. The van der Waals surface area contributed by atoms with E-state index in [1.165, 1.54) is 31.4 Å². The van der Waals surface area contributed by atoms with E-state index in [-0.39, 0.29) is 23.3 Å². The first-order chi connectivity index (χ1) is 11.0. The van der Waals surface area contributed by atoms with Gasteiger partial charge in [-0.05, 0) is 57.9 Å². The zero-order valence-corrected chi connectivity index (χ0v) is 15.4. The van der Waals surface area contributed by atoms with E-state index in [2.05, 4.69) is 4.90 Å². The maximum absolute atomic E-state index is 13.1. The number of carboxylic acid groups (broad SMARTS) is 1. The van der Waals surface area contributed by atoms with E-state index in [0.717, 1.165) is 0 Å². The Hall–Kier alpha value is -1.60. The lowest BCUT2D eigenvalue weighted by Gasteiger charge is -2.44. The Labute approximate surface area is 143 Å². The molecular weight excluding hydrogens is 330 g/mol. The highest BCUT2D eigenvalue weighted by atomic mass is 32.2. The van der Waals surface area contributed by atoms with Crippen molar-refractivity contribution in [2.24, 2.45) is 0 Å². The zero-order valence-electron chi connectivity index (χ0n) is 14.6. The molecule has 1 aromatic rings. The van der Waals surface area contributed by atoms with Crippen molar-refractivity contribution in [3.8, 4) is 5.75 Å². The Morgan fingerprint density at radius 3 is 2.04 bits per heavy atom. The van der Waals surface area contributed by atoms with Gasteiger partial charge in [0.25, 0.3) is 0 Å². The van der Waals surface area contributed by atoms with Crippen LogP contribution in [0.4, 0.5) is 0 Å². The van der Waals surface area contributed by atoms with Gasteiger partial charge in [0.15, 0.2) is 14.6 Å². The van der Waals surface area contributed by atoms with Crippen molar-refractivity contribution < 1.29 is 23.1 Å². The number of likely N-dealkylation sites (tertiary alicyclic amines) is 1. The molecule has 2 rings (SSSR count). The van der Waals surface area contributed by atoms with E-state index >= 15 is 0 Å². The molecule has 1 N–H and O–H groups in total. The molecule has 7 heteroatoms. The molecule has 6 nitrogen and oxygen atoms in total. The molecule has 1 fully saturated rings. The number of aliphatic carboxylic acids is 1. The smallest absolute Gasteiger partial charge is 0.325 e. The lowest BCUT2D eigenvalue weighted by atomic mass is 9.92. The van der Waals surface area contributed by atoms with Crippen LogP contribution in [0.5, 0.6) is 5.75 Å². The molecule has 0 spiro atoms. The van der Waals surface area contributed by atoms with Gasteiger partial charge in [-0.15, -0.1) is 0 Å². The summed E-state index contributed by atoms with van der Waals surface area (Å²) in [4.78, 5) is 14.1. The highest BCUT2D eigenvalue weighted by Gasteiger charge is 2.53. The Bertz CT molecular complexity index is 695. The molecule has 1 heterocycles. The number of carboxylic acids is 1. The van der Waals surface area contributed by atoms with E-state index in [0.29, 0.717) is 18.8 Å². The summed E-state index contributed by atoms with van der Waals surface area (Å²) < 4.78 is 29.4. The molecule has 1 aliphatic rings. The van der Waals surface area contributed by atoms with Gasteiger partial charge in [0.1, 0.15) is 5.75 Å². The average molecular weight is 355 g/mol. The molecule has 134 valence electrons. The number of nitrogens with zero attached hydrogens (tertiary/aromatic N) is 1. The number of methoxy groups -OCH3 is 1. The monoisotopic (exact) mass is 355 g/mol. The Morgan fingerprint density at radius 1 is 1.17 bits per heavy atom. The summed E-state index contributed by atoms with van der Waals surface area (Å²) in [6, 6.07) is 5.89. The van der Waals surface area contributed by atoms with E-state index < -0.39 is 20.6 Å². The van der Waals surface area contributed by atoms with Crippen LogP contribution in [0, 0.1) is 0 Å². The number of hydrogen-bond acceptors (Lipinski definition) is 5. The number of sulfone groups is 1.